The van der Waals surface area contributed by atoms with Gasteiger partial charge in [-0.3, -0.25) is 19.3 Å². The Hall–Kier alpha value is -3.58. The number of nitrogens with zero attached hydrogens (tertiary/aromatic N) is 2. The second kappa shape index (κ2) is 10.4. The minimum Gasteiger partial charge on any atom is -0.511 e. The van der Waals surface area contributed by atoms with E-state index in [0.717, 1.165) is 0 Å². The molecular formula is C27H33F3N4O6. The van der Waals surface area contributed by atoms with E-state index in [2.05, 4.69) is 5.32 Å². The summed E-state index contributed by atoms with van der Waals surface area (Å²) in [5.41, 5.74) is 5.90. The van der Waals surface area contributed by atoms with Gasteiger partial charge >= 0.3 is 6.18 Å². The summed E-state index contributed by atoms with van der Waals surface area (Å²) in [7, 11) is 6.76. The third kappa shape index (κ3) is 4.92. The highest BCUT2D eigenvalue weighted by Crippen LogP contribution is 2.51. The molecular weight excluding hydrogens is 533 g/mol. The Labute approximate surface area is 228 Å². The smallest absolute Gasteiger partial charge is 0.390 e. The predicted molar refractivity (Wildman–Crippen MR) is 139 cm³/mol. The number of aliphatic hydroxyl groups is 2. The number of ketones is 2. The number of alkyl halides is 3. The van der Waals surface area contributed by atoms with Gasteiger partial charge in [0, 0.05) is 44.0 Å². The molecule has 0 spiro atoms. The molecule has 0 saturated heterocycles. The zero-order valence-corrected chi connectivity index (χ0v) is 22.6. The predicted octanol–water partition coefficient (Wildman–Crippen LogP) is 2.11. The van der Waals surface area contributed by atoms with Crippen LogP contribution in [0.5, 0.6) is 5.75 Å². The standard InChI is InChI=1S/C27H33F3N4O6/c1-33(2)15-9-12(10-32-6-5-27(28,29)30)21(35)17-13(15)7-11-8-14-18(23(37)16(11)22(17)36)24(38)19(26(31)40)25(39)20(14)34(3)4/h9,11,14,18,20,32,35,37,39H,5-8,10H2,1-4H3,(H2,31,40)/t11?,14-,18?,20+/m1/s1. The van der Waals surface area contributed by atoms with Gasteiger partial charge in [-0.2, -0.15) is 13.2 Å². The van der Waals surface area contributed by atoms with Gasteiger partial charge in [0.1, 0.15) is 22.8 Å². The van der Waals surface area contributed by atoms with Crippen LogP contribution in [0.1, 0.15) is 34.3 Å². The zero-order valence-electron chi connectivity index (χ0n) is 22.6. The van der Waals surface area contributed by atoms with Crippen molar-refractivity contribution in [3.63, 3.8) is 0 Å². The first-order valence-corrected chi connectivity index (χ1v) is 12.8. The minimum atomic E-state index is -4.35. The van der Waals surface area contributed by atoms with E-state index < -0.39 is 76.7 Å². The zero-order chi connectivity index (χ0) is 29.8. The van der Waals surface area contributed by atoms with E-state index in [1.807, 2.05) is 0 Å². The molecule has 4 rings (SSSR count). The van der Waals surface area contributed by atoms with Crippen molar-refractivity contribution in [1.29, 1.82) is 0 Å². The Morgan fingerprint density at radius 1 is 1.12 bits per heavy atom. The average molecular weight is 567 g/mol. The summed E-state index contributed by atoms with van der Waals surface area (Å²) in [6.45, 7) is -0.530. The number of hydrogen-bond donors (Lipinski definition) is 5. The molecule has 0 saturated carbocycles. The number of anilines is 1. The number of carbonyl (C=O) groups is 3. The number of likely N-dealkylation sites (N-methyl/N-ethyl adjacent to an activating group) is 1. The number of allylic oxidation sites excluding steroid dienone is 2. The highest BCUT2D eigenvalue weighted by molar-refractivity contribution is 6.22. The molecule has 40 heavy (non-hydrogen) atoms. The van der Waals surface area contributed by atoms with Gasteiger partial charge in [-0.25, -0.2) is 0 Å². The fourth-order valence-electron chi connectivity index (χ4n) is 6.36. The van der Waals surface area contributed by atoms with E-state index in [9.17, 15) is 42.9 Å². The number of carbonyl (C=O) groups excluding carboxylic acids is 3. The van der Waals surface area contributed by atoms with Crippen LogP contribution in [0.15, 0.2) is 28.7 Å². The first-order chi connectivity index (χ1) is 18.6. The summed E-state index contributed by atoms with van der Waals surface area (Å²) in [4.78, 5) is 42.6. The Morgan fingerprint density at radius 2 is 1.77 bits per heavy atom. The number of phenols is 1. The molecule has 0 bridgehead atoms. The molecule has 0 heterocycles. The minimum absolute atomic E-state index is 0.0630. The molecule has 1 aromatic carbocycles. The quantitative estimate of drug-likeness (QED) is 0.246. The highest BCUT2D eigenvalue weighted by atomic mass is 19.4. The Balaban J connectivity index is 1.80. The molecule has 10 nitrogen and oxygen atoms in total. The van der Waals surface area contributed by atoms with Crippen molar-refractivity contribution in [2.45, 2.75) is 38.0 Å². The molecule has 1 amide bonds. The van der Waals surface area contributed by atoms with Gasteiger partial charge in [-0.15, -0.1) is 0 Å². The normalized spacial score (nSPS) is 24.7. The van der Waals surface area contributed by atoms with Crippen LogP contribution in [-0.2, 0) is 22.6 Å². The van der Waals surface area contributed by atoms with Crippen LogP contribution >= 0.6 is 0 Å². The van der Waals surface area contributed by atoms with Gasteiger partial charge in [0.2, 0.25) is 0 Å². The van der Waals surface area contributed by atoms with E-state index in [4.69, 9.17) is 5.73 Å². The molecule has 1 aromatic rings. The van der Waals surface area contributed by atoms with Gasteiger partial charge < -0.3 is 31.3 Å². The third-order valence-electron chi connectivity index (χ3n) is 8.00. The fourth-order valence-corrected chi connectivity index (χ4v) is 6.36. The number of nitrogens with two attached hydrogens (primary N) is 1. The van der Waals surface area contributed by atoms with Crippen LogP contribution in [0, 0.1) is 17.8 Å². The summed E-state index contributed by atoms with van der Waals surface area (Å²) in [5.74, 6) is -6.67. The van der Waals surface area contributed by atoms with Crippen LogP contribution in [-0.4, -0.2) is 84.6 Å². The number of rotatable bonds is 7. The van der Waals surface area contributed by atoms with Crippen molar-refractivity contribution in [3.05, 3.63) is 45.4 Å². The Morgan fingerprint density at radius 3 is 2.33 bits per heavy atom. The van der Waals surface area contributed by atoms with Crippen LogP contribution in [0.4, 0.5) is 18.9 Å². The molecule has 218 valence electrons. The molecule has 3 aliphatic rings. The fraction of sp³-hybridized carbons (Fsp3) is 0.519. The maximum absolute atomic E-state index is 13.9. The van der Waals surface area contributed by atoms with Crippen LogP contribution in [0.3, 0.4) is 0 Å². The van der Waals surface area contributed by atoms with Crippen molar-refractivity contribution in [2.75, 3.05) is 39.6 Å². The number of amides is 1. The molecule has 0 aromatic heterocycles. The molecule has 0 aliphatic heterocycles. The topological polar surface area (TPSA) is 156 Å². The number of phenolic OH excluding ortho intramolecular Hbond substituents is 1. The van der Waals surface area contributed by atoms with E-state index in [0.29, 0.717) is 11.3 Å². The van der Waals surface area contributed by atoms with Crippen LogP contribution < -0.4 is 16.0 Å². The number of benzene rings is 1. The first kappa shape index (κ1) is 29.4. The number of nitrogens with one attached hydrogen (secondary N) is 1. The molecule has 0 radical (unpaired) electrons. The third-order valence-corrected chi connectivity index (χ3v) is 8.00. The lowest BCUT2D eigenvalue weighted by Gasteiger charge is -2.46. The first-order valence-electron chi connectivity index (χ1n) is 12.8. The van der Waals surface area contributed by atoms with E-state index in [1.54, 1.807) is 44.1 Å². The number of hydrogen-bond acceptors (Lipinski definition) is 9. The molecule has 13 heteroatoms. The number of primary amides is 1. The number of Topliss-reactive ketones (excluding diaryl/α,β-unsaturated/α-hetero) is 2. The SMILES string of the molecule is CN(C)c1cc(CNCCC(F)(F)F)c(O)c2c1CC1C[C@@H]3C(C(=O)C(C(N)=O)=C(O)[C@H]3N(C)C)C(O)=C1C2=O. The van der Waals surface area contributed by atoms with Gasteiger partial charge in [-0.1, -0.05) is 0 Å². The molecule has 2 unspecified atom stereocenters. The van der Waals surface area contributed by atoms with E-state index in [-0.39, 0.29) is 42.6 Å². The Kier molecular flexibility index (Phi) is 7.67. The van der Waals surface area contributed by atoms with Gasteiger partial charge in [0.25, 0.3) is 5.91 Å². The number of fused-ring (bicyclic) bond motifs is 3. The lowest BCUT2D eigenvalue weighted by Crippen LogP contribution is -2.53. The summed E-state index contributed by atoms with van der Waals surface area (Å²) in [5, 5.41) is 36.0. The van der Waals surface area contributed by atoms with Crippen molar-refractivity contribution >= 4 is 23.2 Å². The number of aliphatic hydroxyl groups excluding tert-OH is 2. The summed E-state index contributed by atoms with van der Waals surface area (Å²) >= 11 is 0. The van der Waals surface area contributed by atoms with Crippen molar-refractivity contribution < 1.29 is 42.9 Å². The molecule has 0 fully saturated rings. The second-order valence-electron chi connectivity index (χ2n) is 11.0. The summed E-state index contributed by atoms with van der Waals surface area (Å²) < 4.78 is 37.7. The Bertz CT molecular complexity index is 1330. The molecule has 6 N–H and O–H groups in total. The maximum Gasteiger partial charge on any atom is 0.390 e. The largest absolute Gasteiger partial charge is 0.511 e. The van der Waals surface area contributed by atoms with Gasteiger partial charge in [0.05, 0.1) is 23.9 Å². The maximum atomic E-state index is 13.9. The lowest BCUT2D eigenvalue weighted by atomic mass is 9.60. The van der Waals surface area contributed by atoms with Crippen molar-refractivity contribution in [2.24, 2.45) is 23.5 Å². The van der Waals surface area contributed by atoms with Crippen LogP contribution in [0.2, 0.25) is 0 Å². The number of halogens is 3. The molecule has 4 atom stereocenters. The average Bonchev–Trinajstić information content (AvgIpc) is 2.81. The second-order valence-corrected chi connectivity index (χ2v) is 11.0. The monoisotopic (exact) mass is 566 g/mol. The summed E-state index contributed by atoms with van der Waals surface area (Å²) in [6, 6.07) is 0.792. The van der Waals surface area contributed by atoms with E-state index >= 15 is 0 Å². The van der Waals surface area contributed by atoms with Crippen molar-refractivity contribution in [3.8, 4) is 5.75 Å². The van der Waals surface area contributed by atoms with Crippen molar-refractivity contribution in [1.82, 2.24) is 10.2 Å². The van der Waals surface area contributed by atoms with Gasteiger partial charge in [-0.05, 0) is 50.4 Å². The highest BCUT2D eigenvalue weighted by Gasteiger charge is 2.54. The number of aromatic hydroxyl groups is 1. The lowest BCUT2D eigenvalue weighted by molar-refractivity contribution is -0.133. The van der Waals surface area contributed by atoms with Gasteiger partial charge in [0.15, 0.2) is 11.6 Å². The summed E-state index contributed by atoms with van der Waals surface area (Å²) in [6.07, 6.45) is -4.99. The molecule has 3 aliphatic carbocycles. The van der Waals surface area contributed by atoms with E-state index in [1.165, 1.54) is 0 Å². The van der Waals surface area contributed by atoms with Crippen LogP contribution in [0.25, 0.3) is 0 Å².